The first-order chi connectivity index (χ1) is 7.83. The molecule has 1 aromatic rings. The molecule has 0 bridgehead atoms. The van der Waals surface area contributed by atoms with E-state index in [1.807, 2.05) is 0 Å². The fraction of sp³-hybridized carbons (Fsp3) is 0.818. The zero-order valence-electron chi connectivity index (χ0n) is 9.72. The van der Waals surface area contributed by atoms with Crippen molar-refractivity contribution in [2.75, 3.05) is 26.2 Å². The van der Waals surface area contributed by atoms with Gasteiger partial charge in [0.1, 0.15) is 0 Å². The van der Waals surface area contributed by atoms with Crippen molar-refractivity contribution < 1.29 is 9.63 Å². The van der Waals surface area contributed by atoms with Crippen molar-refractivity contribution in [3.8, 4) is 0 Å². The van der Waals surface area contributed by atoms with Gasteiger partial charge < -0.3 is 14.5 Å². The average molecular weight is 225 g/mol. The maximum absolute atomic E-state index is 8.78. The maximum Gasteiger partial charge on any atom is 0.229 e. The lowest BCUT2D eigenvalue weighted by Gasteiger charge is -2.28. The second-order valence-electron chi connectivity index (χ2n) is 4.23. The molecule has 0 unspecified atom stereocenters. The minimum atomic E-state index is 0.0766. The Balaban J connectivity index is 1.92. The van der Waals surface area contributed by atoms with Crippen LogP contribution >= 0.6 is 0 Å². The van der Waals surface area contributed by atoms with Crippen LogP contribution < -0.4 is 0 Å². The van der Waals surface area contributed by atoms with Crippen molar-refractivity contribution in [3.63, 3.8) is 0 Å². The molecular weight excluding hydrogens is 206 g/mol. The molecule has 1 aromatic heterocycles. The first kappa shape index (κ1) is 11.5. The van der Waals surface area contributed by atoms with Gasteiger partial charge in [0.2, 0.25) is 5.89 Å². The van der Waals surface area contributed by atoms with Crippen LogP contribution in [0.4, 0.5) is 0 Å². The third-order valence-corrected chi connectivity index (χ3v) is 3.20. The molecule has 5 heteroatoms. The van der Waals surface area contributed by atoms with Gasteiger partial charge in [-0.1, -0.05) is 12.1 Å². The van der Waals surface area contributed by atoms with Gasteiger partial charge in [0.25, 0.3) is 0 Å². The predicted molar refractivity (Wildman–Crippen MR) is 59.2 cm³/mol. The van der Waals surface area contributed by atoms with Crippen molar-refractivity contribution in [2.24, 2.45) is 0 Å². The van der Waals surface area contributed by atoms with Crippen LogP contribution in [0, 0.1) is 0 Å². The molecule has 1 fully saturated rings. The highest BCUT2D eigenvalue weighted by molar-refractivity contribution is 4.96. The Morgan fingerprint density at radius 1 is 1.44 bits per heavy atom. The summed E-state index contributed by atoms with van der Waals surface area (Å²) in [5, 5.41) is 12.6. The number of aromatic nitrogens is 2. The Hall–Kier alpha value is -0.940. The Kier molecular flexibility index (Phi) is 3.90. The number of nitrogens with zero attached hydrogens (tertiary/aromatic N) is 3. The van der Waals surface area contributed by atoms with E-state index in [9.17, 15) is 0 Å². The number of likely N-dealkylation sites (tertiary alicyclic amines) is 1. The van der Waals surface area contributed by atoms with Gasteiger partial charge in [0, 0.05) is 12.3 Å². The zero-order valence-corrected chi connectivity index (χ0v) is 9.72. The van der Waals surface area contributed by atoms with Crippen LogP contribution in [0.2, 0.25) is 0 Å². The number of piperidine rings is 1. The lowest BCUT2D eigenvalue weighted by atomic mass is 9.97. The summed E-state index contributed by atoms with van der Waals surface area (Å²) in [4.78, 5) is 6.75. The molecule has 0 atom stereocenters. The average Bonchev–Trinajstić information content (AvgIpc) is 2.78. The number of aliphatic hydroxyl groups is 1. The summed E-state index contributed by atoms with van der Waals surface area (Å²) in [6, 6.07) is 0. The van der Waals surface area contributed by atoms with Gasteiger partial charge in [-0.15, -0.1) is 0 Å². The summed E-state index contributed by atoms with van der Waals surface area (Å²) in [6.45, 7) is 5.60. The van der Waals surface area contributed by atoms with E-state index in [4.69, 9.17) is 9.63 Å². The summed E-state index contributed by atoms with van der Waals surface area (Å²) in [6.07, 6.45) is 2.67. The molecule has 1 aliphatic rings. The Labute approximate surface area is 95.4 Å². The van der Waals surface area contributed by atoms with E-state index in [0.29, 0.717) is 18.2 Å². The van der Waals surface area contributed by atoms with Gasteiger partial charge in [0.05, 0.1) is 6.61 Å². The third kappa shape index (κ3) is 2.59. The highest BCUT2D eigenvalue weighted by Gasteiger charge is 2.24. The van der Waals surface area contributed by atoms with Crippen LogP contribution in [0.1, 0.15) is 37.4 Å². The molecule has 1 saturated heterocycles. The highest BCUT2D eigenvalue weighted by Crippen LogP contribution is 2.26. The molecule has 1 aliphatic heterocycles. The molecule has 90 valence electrons. The zero-order chi connectivity index (χ0) is 11.4. The summed E-state index contributed by atoms with van der Waals surface area (Å²) < 4.78 is 5.23. The standard InChI is InChI=1S/C11H19N3O2/c1-2-14-6-3-9(4-7-14)11-12-10(5-8-15)13-16-11/h9,15H,2-8H2,1H3. The molecule has 1 N–H and O–H groups in total. The Morgan fingerprint density at radius 3 is 2.81 bits per heavy atom. The SMILES string of the molecule is CCN1CCC(c2nc(CCO)no2)CC1. The molecule has 0 radical (unpaired) electrons. The van der Waals surface area contributed by atoms with Crippen LogP contribution in [-0.4, -0.2) is 46.4 Å². The highest BCUT2D eigenvalue weighted by atomic mass is 16.5. The van der Waals surface area contributed by atoms with E-state index < -0.39 is 0 Å². The van der Waals surface area contributed by atoms with Crippen molar-refractivity contribution in [2.45, 2.75) is 32.1 Å². The van der Waals surface area contributed by atoms with E-state index in [1.54, 1.807) is 0 Å². The van der Waals surface area contributed by atoms with Crippen LogP contribution in [0.5, 0.6) is 0 Å². The van der Waals surface area contributed by atoms with E-state index in [-0.39, 0.29) is 6.61 Å². The molecule has 2 rings (SSSR count). The molecular formula is C11H19N3O2. The van der Waals surface area contributed by atoms with Crippen LogP contribution in [0.15, 0.2) is 4.52 Å². The second-order valence-corrected chi connectivity index (χ2v) is 4.23. The smallest absolute Gasteiger partial charge is 0.229 e. The molecule has 0 aromatic carbocycles. The topological polar surface area (TPSA) is 62.4 Å². The third-order valence-electron chi connectivity index (χ3n) is 3.20. The van der Waals surface area contributed by atoms with Gasteiger partial charge in [0.15, 0.2) is 5.82 Å². The lowest BCUT2D eigenvalue weighted by molar-refractivity contribution is 0.202. The van der Waals surface area contributed by atoms with E-state index in [2.05, 4.69) is 22.0 Å². The molecule has 16 heavy (non-hydrogen) atoms. The van der Waals surface area contributed by atoms with Crippen LogP contribution in [0.25, 0.3) is 0 Å². The van der Waals surface area contributed by atoms with Crippen molar-refractivity contribution in [1.29, 1.82) is 0 Å². The number of aliphatic hydroxyl groups excluding tert-OH is 1. The van der Waals surface area contributed by atoms with Gasteiger partial charge >= 0.3 is 0 Å². The van der Waals surface area contributed by atoms with Gasteiger partial charge in [-0.05, 0) is 32.5 Å². The first-order valence-corrected chi connectivity index (χ1v) is 5.99. The van der Waals surface area contributed by atoms with Crippen LogP contribution in [0.3, 0.4) is 0 Å². The monoisotopic (exact) mass is 225 g/mol. The first-order valence-electron chi connectivity index (χ1n) is 5.99. The van der Waals surface area contributed by atoms with Crippen LogP contribution in [-0.2, 0) is 6.42 Å². The van der Waals surface area contributed by atoms with E-state index in [0.717, 1.165) is 38.4 Å². The molecule has 0 spiro atoms. The maximum atomic E-state index is 8.78. The molecule has 0 saturated carbocycles. The van der Waals surface area contributed by atoms with Gasteiger partial charge in [-0.2, -0.15) is 4.98 Å². The Morgan fingerprint density at radius 2 is 2.19 bits per heavy atom. The molecule has 2 heterocycles. The van der Waals surface area contributed by atoms with E-state index >= 15 is 0 Å². The Bertz CT molecular complexity index is 319. The number of rotatable bonds is 4. The summed E-state index contributed by atoms with van der Waals surface area (Å²) in [5.41, 5.74) is 0. The number of hydrogen-bond acceptors (Lipinski definition) is 5. The second kappa shape index (κ2) is 5.41. The predicted octanol–water partition coefficient (Wildman–Crippen LogP) is 0.804. The summed E-state index contributed by atoms with van der Waals surface area (Å²) in [7, 11) is 0. The van der Waals surface area contributed by atoms with Gasteiger partial charge in [-0.25, -0.2) is 0 Å². The van der Waals surface area contributed by atoms with Crippen molar-refractivity contribution in [3.05, 3.63) is 11.7 Å². The van der Waals surface area contributed by atoms with Gasteiger partial charge in [-0.3, -0.25) is 0 Å². The number of hydrogen-bond donors (Lipinski definition) is 1. The minimum Gasteiger partial charge on any atom is -0.396 e. The molecule has 5 nitrogen and oxygen atoms in total. The van der Waals surface area contributed by atoms with E-state index in [1.165, 1.54) is 0 Å². The fourth-order valence-corrected chi connectivity index (χ4v) is 2.13. The normalized spacial score (nSPS) is 19.1. The fourth-order valence-electron chi connectivity index (χ4n) is 2.13. The van der Waals surface area contributed by atoms with Crippen molar-refractivity contribution in [1.82, 2.24) is 15.0 Å². The minimum absolute atomic E-state index is 0.0766. The van der Waals surface area contributed by atoms with Crippen molar-refractivity contribution >= 4 is 0 Å². The quantitative estimate of drug-likeness (QED) is 0.821. The lowest BCUT2D eigenvalue weighted by Crippen LogP contribution is -2.32. The molecule has 0 aliphatic carbocycles. The summed E-state index contributed by atoms with van der Waals surface area (Å²) in [5.74, 6) is 1.78. The molecule has 0 amide bonds. The largest absolute Gasteiger partial charge is 0.396 e. The summed E-state index contributed by atoms with van der Waals surface area (Å²) >= 11 is 0.